The van der Waals surface area contributed by atoms with E-state index in [4.69, 9.17) is 19.6 Å². The van der Waals surface area contributed by atoms with E-state index in [0.717, 1.165) is 22.3 Å². The smallest absolute Gasteiger partial charge is 0.252 e. The third-order valence-corrected chi connectivity index (χ3v) is 8.23. The van der Waals surface area contributed by atoms with Crippen LogP contribution in [-0.2, 0) is 16.1 Å². The van der Waals surface area contributed by atoms with Gasteiger partial charge in [-0.25, -0.2) is 9.38 Å². The van der Waals surface area contributed by atoms with Gasteiger partial charge in [0.05, 0.1) is 6.61 Å². The van der Waals surface area contributed by atoms with Crippen molar-refractivity contribution in [2.24, 2.45) is 4.99 Å². The van der Waals surface area contributed by atoms with Gasteiger partial charge in [0.2, 0.25) is 5.90 Å². The summed E-state index contributed by atoms with van der Waals surface area (Å²) in [7, 11) is 0. The molecule has 5 aromatic carbocycles. The van der Waals surface area contributed by atoms with Crippen molar-refractivity contribution in [2.75, 3.05) is 13.2 Å². The minimum atomic E-state index is -1.38. The minimum Gasteiger partial charge on any atom is -0.494 e. The van der Waals surface area contributed by atoms with E-state index in [1.165, 1.54) is 12.1 Å². The highest BCUT2D eigenvalue weighted by atomic mass is 19.1. The summed E-state index contributed by atoms with van der Waals surface area (Å²) in [4.78, 5) is 19.5. The van der Waals surface area contributed by atoms with Gasteiger partial charge < -0.3 is 19.9 Å². The summed E-state index contributed by atoms with van der Waals surface area (Å²) in [6.07, 6.45) is 3.95. The number of benzene rings is 5. The number of carbonyl (C=O) groups is 1. The summed E-state index contributed by atoms with van der Waals surface area (Å²) >= 11 is 0. The van der Waals surface area contributed by atoms with Gasteiger partial charge in [-0.1, -0.05) is 109 Å². The van der Waals surface area contributed by atoms with E-state index in [9.17, 15) is 9.18 Å². The quantitative estimate of drug-likeness (QED) is 0.128. The van der Waals surface area contributed by atoms with E-state index >= 15 is 0 Å². The van der Waals surface area contributed by atoms with Crippen LogP contribution in [0.4, 0.5) is 4.39 Å². The Labute approximate surface area is 280 Å². The number of hydrogen-bond acceptors (Lipinski definition) is 5. The second-order valence-electron chi connectivity index (χ2n) is 11.6. The maximum absolute atomic E-state index is 14.5. The van der Waals surface area contributed by atoms with Crippen LogP contribution in [0.15, 0.2) is 145 Å². The molecule has 0 unspecified atom stereocenters. The summed E-state index contributed by atoms with van der Waals surface area (Å²) in [5.41, 5.74) is 3.88. The summed E-state index contributed by atoms with van der Waals surface area (Å²) in [6.45, 7) is 0.584. The molecular formula is C41H37FN2O4. The van der Waals surface area contributed by atoms with Crippen molar-refractivity contribution in [3.8, 4) is 16.9 Å². The lowest BCUT2D eigenvalue weighted by atomic mass is 9.83. The van der Waals surface area contributed by atoms with Crippen molar-refractivity contribution in [3.63, 3.8) is 0 Å². The fourth-order valence-corrected chi connectivity index (χ4v) is 5.72. The highest BCUT2D eigenvalue weighted by Gasteiger charge is 2.52. The molecule has 0 radical (unpaired) electrons. The molecule has 1 amide bonds. The van der Waals surface area contributed by atoms with Crippen LogP contribution in [0.2, 0.25) is 0 Å². The number of aliphatic hydroxyl groups excluding tert-OH is 1. The van der Waals surface area contributed by atoms with Crippen LogP contribution in [0.1, 0.15) is 41.2 Å². The Balaban J connectivity index is 1.38. The largest absolute Gasteiger partial charge is 0.494 e. The third-order valence-electron chi connectivity index (χ3n) is 8.23. The van der Waals surface area contributed by atoms with Crippen LogP contribution >= 0.6 is 0 Å². The lowest BCUT2D eigenvalue weighted by Crippen LogP contribution is -2.47. The van der Waals surface area contributed by atoms with Gasteiger partial charge in [-0.15, -0.1) is 0 Å². The fourth-order valence-electron chi connectivity index (χ4n) is 5.72. The number of amides is 1. The Bertz CT molecular complexity index is 1860. The lowest BCUT2D eigenvalue weighted by Gasteiger charge is -2.30. The standard InChI is InChI=1S/C41H37FN2O4/c42-36-16-7-12-31(28-36)29-43-40(46)41(25-8-13-30-10-3-1-4-11-30)38(34-19-17-33(18-20-34)32-14-5-2-6-15-32)48-39(44-41)35-21-23-37(24-22-35)47-27-9-26-45/h1-8,10-24,28,38,45H,9,25-27,29H2,(H,43,46)/b13-8+/t38-,41-/m1/s1. The highest BCUT2D eigenvalue weighted by Crippen LogP contribution is 2.43. The second-order valence-corrected chi connectivity index (χ2v) is 11.6. The van der Waals surface area contributed by atoms with Gasteiger partial charge in [0.25, 0.3) is 5.91 Å². The number of rotatable bonds is 13. The zero-order chi connectivity index (χ0) is 33.2. The van der Waals surface area contributed by atoms with E-state index in [-0.39, 0.29) is 31.3 Å². The maximum atomic E-state index is 14.5. The maximum Gasteiger partial charge on any atom is 0.252 e. The van der Waals surface area contributed by atoms with Crippen LogP contribution in [0.25, 0.3) is 17.2 Å². The van der Waals surface area contributed by atoms with E-state index < -0.39 is 11.6 Å². The van der Waals surface area contributed by atoms with Crippen molar-refractivity contribution < 1.29 is 23.8 Å². The van der Waals surface area contributed by atoms with Crippen LogP contribution in [0, 0.1) is 5.82 Å². The average Bonchev–Trinajstić information content (AvgIpc) is 3.52. The number of nitrogens with zero attached hydrogens (tertiary/aromatic N) is 1. The molecule has 0 aromatic heterocycles. The molecule has 1 aliphatic rings. The SMILES string of the molecule is O=C(NCc1cccc(F)c1)[C@]1(C/C=C/c2ccccc2)N=C(c2ccc(OCCCO)cc2)O[C@@H]1c1ccc(-c2ccccc2)cc1. The number of aliphatic hydroxyl groups is 1. The van der Waals surface area contributed by atoms with Crippen LogP contribution in [-0.4, -0.2) is 35.7 Å². The van der Waals surface area contributed by atoms with Gasteiger partial charge in [-0.3, -0.25) is 4.79 Å². The van der Waals surface area contributed by atoms with Crippen molar-refractivity contribution in [3.05, 3.63) is 168 Å². The first kappa shape index (κ1) is 32.4. The molecule has 242 valence electrons. The fraction of sp³-hybridized carbons (Fsp3) is 0.171. The lowest BCUT2D eigenvalue weighted by molar-refractivity contribution is -0.129. The summed E-state index contributed by atoms with van der Waals surface area (Å²) < 4.78 is 26.4. The molecule has 0 fully saturated rings. The van der Waals surface area contributed by atoms with Gasteiger partial charge in [0.1, 0.15) is 11.6 Å². The molecule has 0 aliphatic carbocycles. The predicted octanol–water partition coefficient (Wildman–Crippen LogP) is 7.93. The monoisotopic (exact) mass is 640 g/mol. The molecule has 0 saturated carbocycles. The summed E-state index contributed by atoms with van der Waals surface area (Å²) in [5.74, 6) is 0.291. The van der Waals surface area contributed by atoms with Gasteiger partial charge >= 0.3 is 0 Å². The average molecular weight is 641 g/mol. The van der Waals surface area contributed by atoms with Gasteiger partial charge in [-0.05, 0) is 64.2 Å². The first-order chi connectivity index (χ1) is 23.5. The Morgan fingerprint density at radius 2 is 1.54 bits per heavy atom. The zero-order valence-electron chi connectivity index (χ0n) is 26.5. The molecule has 1 heterocycles. The summed E-state index contributed by atoms with van der Waals surface area (Å²) in [5, 5.41) is 12.1. The molecule has 6 rings (SSSR count). The topological polar surface area (TPSA) is 80.2 Å². The van der Waals surface area contributed by atoms with Crippen molar-refractivity contribution in [1.82, 2.24) is 5.32 Å². The van der Waals surface area contributed by atoms with Gasteiger partial charge in [0.15, 0.2) is 11.6 Å². The van der Waals surface area contributed by atoms with Crippen molar-refractivity contribution in [1.29, 1.82) is 0 Å². The number of aliphatic imine (C=N–C) groups is 1. The molecule has 5 aromatic rings. The molecule has 2 N–H and O–H groups in total. The normalized spacial score (nSPS) is 17.1. The number of nitrogens with one attached hydrogen (secondary N) is 1. The molecule has 7 heteroatoms. The van der Waals surface area contributed by atoms with Gasteiger partial charge in [-0.2, -0.15) is 0 Å². The predicted molar refractivity (Wildman–Crippen MR) is 187 cm³/mol. The van der Waals surface area contributed by atoms with Crippen LogP contribution in [0.3, 0.4) is 0 Å². The Hall–Kier alpha value is -5.53. The number of halogens is 1. The van der Waals surface area contributed by atoms with Crippen molar-refractivity contribution >= 4 is 17.9 Å². The third kappa shape index (κ3) is 7.70. The first-order valence-electron chi connectivity index (χ1n) is 16.0. The molecule has 6 nitrogen and oxygen atoms in total. The number of hydrogen-bond donors (Lipinski definition) is 2. The van der Waals surface area contributed by atoms with E-state index in [2.05, 4.69) is 17.4 Å². The van der Waals surface area contributed by atoms with E-state index in [1.807, 2.05) is 109 Å². The second kappa shape index (κ2) is 15.4. The molecule has 48 heavy (non-hydrogen) atoms. The molecule has 0 saturated heterocycles. The number of ether oxygens (including phenoxy) is 2. The highest BCUT2D eigenvalue weighted by molar-refractivity contribution is 6.01. The van der Waals surface area contributed by atoms with Gasteiger partial charge in [0, 0.05) is 31.6 Å². The molecule has 0 bridgehead atoms. The van der Waals surface area contributed by atoms with E-state index in [1.54, 1.807) is 12.1 Å². The van der Waals surface area contributed by atoms with Crippen LogP contribution < -0.4 is 10.1 Å². The zero-order valence-corrected chi connectivity index (χ0v) is 26.5. The Morgan fingerprint density at radius 1 is 0.854 bits per heavy atom. The number of carbonyl (C=O) groups excluding carboxylic acids is 1. The van der Waals surface area contributed by atoms with E-state index in [0.29, 0.717) is 35.8 Å². The molecular weight excluding hydrogens is 603 g/mol. The first-order valence-corrected chi connectivity index (χ1v) is 16.0. The van der Waals surface area contributed by atoms with Crippen molar-refractivity contribution in [2.45, 2.75) is 31.0 Å². The minimum absolute atomic E-state index is 0.0541. The Kier molecular flexibility index (Phi) is 10.4. The summed E-state index contributed by atoms with van der Waals surface area (Å²) in [6, 6.07) is 41.5. The Morgan fingerprint density at radius 3 is 2.25 bits per heavy atom. The molecule has 1 aliphatic heterocycles. The molecule has 0 spiro atoms. The van der Waals surface area contributed by atoms with Crippen LogP contribution in [0.5, 0.6) is 5.75 Å². The molecule has 2 atom stereocenters.